The molecule has 0 saturated heterocycles. The molecule has 0 aliphatic carbocycles. The predicted molar refractivity (Wildman–Crippen MR) is 58.0 cm³/mol. The average Bonchev–Trinajstić information content (AvgIpc) is 2.25. The summed E-state index contributed by atoms with van der Waals surface area (Å²) in [4.78, 5) is 9.65. The summed E-state index contributed by atoms with van der Waals surface area (Å²) in [6.07, 6.45) is -3.55. The molecule has 4 nitrogen and oxygen atoms in total. The van der Waals surface area contributed by atoms with Crippen LogP contribution in [0, 0.1) is 16.0 Å². The molecule has 0 bridgehead atoms. The summed E-state index contributed by atoms with van der Waals surface area (Å²) in [5.41, 5.74) is -0.372. The molecule has 0 spiro atoms. The van der Waals surface area contributed by atoms with Crippen LogP contribution in [0.2, 0.25) is 0 Å². The topological polar surface area (TPSA) is 52.4 Å². The lowest BCUT2D eigenvalue weighted by Gasteiger charge is -2.12. The molecule has 1 aromatic rings. The highest BCUT2D eigenvalue weighted by Gasteiger charge is 2.34. The molecule has 0 aliphatic heterocycles. The van der Waals surface area contributed by atoms with Gasteiger partial charge in [-0.3, -0.25) is 10.1 Å². The van der Waals surface area contributed by atoms with Crippen molar-refractivity contribution in [2.75, 3.05) is 0 Å². The molecule has 1 rings (SSSR count). The van der Waals surface area contributed by atoms with Crippen molar-refractivity contribution >= 4 is 5.69 Å². The standard InChI is InChI=1S/C11H9F3NO3/c1-3-7(2)8-4-5-9(15(16)17)10(6-8)18-11(12,13)14/h3-6H,1H2,2H3. The van der Waals surface area contributed by atoms with Gasteiger partial charge in [0.25, 0.3) is 0 Å². The maximum absolute atomic E-state index is 12.1. The van der Waals surface area contributed by atoms with Crippen molar-refractivity contribution in [2.45, 2.75) is 13.3 Å². The minimum Gasteiger partial charge on any atom is -0.398 e. The lowest BCUT2D eigenvalue weighted by Crippen LogP contribution is -2.18. The molecule has 0 N–H and O–H groups in total. The number of nitro benzene ring substituents is 1. The molecule has 0 aromatic heterocycles. The van der Waals surface area contributed by atoms with E-state index < -0.39 is 22.7 Å². The van der Waals surface area contributed by atoms with Crippen LogP contribution in [0.5, 0.6) is 5.75 Å². The minimum absolute atomic E-state index is 0.370. The van der Waals surface area contributed by atoms with E-state index in [4.69, 9.17) is 0 Å². The molecular formula is C11H9F3NO3. The molecule has 97 valence electrons. The second kappa shape index (κ2) is 5.07. The zero-order valence-corrected chi connectivity index (χ0v) is 9.32. The minimum atomic E-state index is -4.98. The van der Waals surface area contributed by atoms with Crippen molar-refractivity contribution in [3.63, 3.8) is 0 Å². The molecule has 0 unspecified atom stereocenters. The van der Waals surface area contributed by atoms with Gasteiger partial charge in [0.1, 0.15) is 0 Å². The van der Waals surface area contributed by atoms with Gasteiger partial charge in [-0.25, -0.2) is 0 Å². The quantitative estimate of drug-likeness (QED) is 0.613. The van der Waals surface area contributed by atoms with E-state index in [2.05, 4.69) is 11.3 Å². The summed E-state index contributed by atoms with van der Waals surface area (Å²) in [5.74, 6) is -0.261. The SMILES string of the molecule is C=C[C](C)c1ccc([N+](=O)[O-])c(OC(F)(F)F)c1. The highest BCUT2D eigenvalue weighted by molar-refractivity contribution is 5.52. The maximum atomic E-state index is 12.1. The molecule has 18 heavy (non-hydrogen) atoms. The molecule has 0 atom stereocenters. The Morgan fingerprint density at radius 2 is 2.11 bits per heavy atom. The van der Waals surface area contributed by atoms with Crippen molar-refractivity contribution in [1.29, 1.82) is 0 Å². The van der Waals surface area contributed by atoms with Crippen molar-refractivity contribution in [3.05, 3.63) is 52.4 Å². The summed E-state index contributed by atoms with van der Waals surface area (Å²) < 4.78 is 40.0. The lowest BCUT2D eigenvalue weighted by molar-refractivity contribution is -0.388. The van der Waals surface area contributed by atoms with E-state index >= 15 is 0 Å². The summed E-state index contributed by atoms with van der Waals surface area (Å²) in [6.45, 7) is 5.08. The van der Waals surface area contributed by atoms with Gasteiger partial charge in [0.2, 0.25) is 5.75 Å². The van der Waals surface area contributed by atoms with Crippen LogP contribution in [0.1, 0.15) is 12.5 Å². The molecule has 1 aromatic carbocycles. The van der Waals surface area contributed by atoms with Gasteiger partial charge in [-0.15, -0.1) is 19.8 Å². The van der Waals surface area contributed by atoms with Crippen LogP contribution >= 0.6 is 0 Å². The third-order valence-corrected chi connectivity index (χ3v) is 2.14. The first-order chi connectivity index (χ1) is 8.24. The fourth-order valence-electron chi connectivity index (χ4n) is 1.23. The van der Waals surface area contributed by atoms with Gasteiger partial charge in [0.15, 0.2) is 0 Å². The fourth-order valence-corrected chi connectivity index (χ4v) is 1.23. The smallest absolute Gasteiger partial charge is 0.398 e. The largest absolute Gasteiger partial charge is 0.573 e. The first-order valence-electron chi connectivity index (χ1n) is 4.75. The molecule has 7 heteroatoms. The summed E-state index contributed by atoms with van der Waals surface area (Å²) in [6, 6.07) is 3.25. The number of alkyl halides is 3. The zero-order chi connectivity index (χ0) is 13.9. The Balaban J connectivity index is 3.24. The first kappa shape index (κ1) is 14.0. The van der Waals surface area contributed by atoms with Crippen LogP contribution < -0.4 is 4.74 Å². The van der Waals surface area contributed by atoms with E-state index in [1.165, 1.54) is 12.1 Å². The molecule has 0 aliphatic rings. The second-order valence-corrected chi connectivity index (χ2v) is 3.37. The Morgan fingerprint density at radius 1 is 1.50 bits per heavy atom. The second-order valence-electron chi connectivity index (χ2n) is 3.37. The highest BCUT2D eigenvalue weighted by Crippen LogP contribution is 2.34. The number of benzene rings is 1. The maximum Gasteiger partial charge on any atom is 0.573 e. The van der Waals surface area contributed by atoms with Crippen LogP contribution in [0.4, 0.5) is 18.9 Å². The van der Waals surface area contributed by atoms with Crippen LogP contribution in [-0.4, -0.2) is 11.3 Å². The van der Waals surface area contributed by atoms with Gasteiger partial charge >= 0.3 is 12.0 Å². The number of halogens is 3. The van der Waals surface area contributed by atoms with Crippen LogP contribution in [0.3, 0.4) is 0 Å². The monoisotopic (exact) mass is 260 g/mol. The normalized spacial score (nSPS) is 11.4. The van der Waals surface area contributed by atoms with Gasteiger partial charge in [-0.1, -0.05) is 19.1 Å². The number of rotatable bonds is 4. The number of allylic oxidation sites excluding steroid dienone is 1. The van der Waals surface area contributed by atoms with Gasteiger partial charge in [-0.05, 0) is 11.6 Å². The average molecular weight is 260 g/mol. The number of nitrogens with zero attached hydrogens (tertiary/aromatic N) is 1. The van der Waals surface area contributed by atoms with E-state index in [0.29, 0.717) is 11.5 Å². The first-order valence-corrected chi connectivity index (χ1v) is 4.75. The Labute approximate surface area is 101 Å². The van der Waals surface area contributed by atoms with Crippen LogP contribution in [0.25, 0.3) is 0 Å². The molecule has 0 fully saturated rings. The Bertz CT molecular complexity index is 471. The number of ether oxygens (including phenoxy) is 1. The van der Waals surface area contributed by atoms with Gasteiger partial charge in [0, 0.05) is 12.0 Å². The van der Waals surface area contributed by atoms with Gasteiger partial charge in [-0.2, -0.15) is 0 Å². The zero-order valence-electron chi connectivity index (χ0n) is 9.32. The molecule has 0 amide bonds. The molecular weight excluding hydrogens is 251 g/mol. The van der Waals surface area contributed by atoms with E-state index in [1.807, 2.05) is 0 Å². The van der Waals surface area contributed by atoms with E-state index in [9.17, 15) is 23.3 Å². The van der Waals surface area contributed by atoms with Crippen LogP contribution in [-0.2, 0) is 0 Å². The summed E-state index contributed by atoms with van der Waals surface area (Å²) in [7, 11) is 0. The van der Waals surface area contributed by atoms with E-state index in [-0.39, 0.29) is 0 Å². The van der Waals surface area contributed by atoms with Crippen molar-refractivity contribution in [1.82, 2.24) is 0 Å². The lowest BCUT2D eigenvalue weighted by atomic mass is 10.0. The highest BCUT2D eigenvalue weighted by atomic mass is 19.4. The van der Waals surface area contributed by atoms with Crippen molar-refractivity contribution in [2.24, 2.45) is 0 Å². The number of nitro groups is 1. The molecule has 0 saturated carbocycles. The molecule has 1 radical (unpaired) electrons. The predicted octanol–water partition coefficient (Wildman–Crippen LogP) is 3.62. The fraction of sp³-hybridized carbons (Fsp3) is 0.182. The van der Waals surface area contributed by atoms with E-state index in [1.54, 1.807) is 6.92 Å². The summed E-state index contributed by atoms with van der Waals surface area (Å²) in [5, 5.41) is 10.6. The number of hydrogen-bond donors (Lipinski definition) is 0. The Kier molecular flexibility index (Phi) is 3.95. The molecule has 0 heterocycles. The Morgan fingerprint density at radius 3 is 2.56 bits per heavy atom. The van der Waals surface area contributed by atoms with Crippen molar-refractivity contribution in [3.8, 4) is 5.75 Å². The third-order valence-electron chi connectivity index (χ3n) is 2.14. The summed E-state index contributed by atoms with van der Waals surface area (Å²) >= 11 is 0. The Hall–Kier alpha value is -2.05. The van der Waals surface area contributed by atoms with Crippen LogP contribution in [0.15, 0.2) is 30.9 Å². The number of hydrogen-bond acceptors (Lipinski definition) is 3. The van der Waals surface area contributed by atoms with Gasteiger partial charge < -0.3 is 4.74 Å². The van der Waals surface area contributed by atoms with Gasteiger partial charge in [0.05, 0.1) is 4.92 Å². The van der Waals surface area contributed by atoms with Crippen molar-refractivity contribution < 1.29 is 22.8 Å². The third kappa shape index (κ3) is 3.47. The van der Waals surface area contributed by atoms with E-state index in [0.717, 1.165) is 12.1 Å².